The van der Waals surface area contributed by atoms with Gasteiger partial charge in [-0.15, -0.1) is 21.6 Å². The number of hydrogen-bond donors (Lipinski definition) is 0. The normalized spacial score (nSPS) is 13.0. The van der Waals surface area contributed by atoms with Gasteiger partial charge in [-0.1, -0.05) is 98.3 Å². The standard InChI is InChI=1S/C20H43P.ClH/c1-5-9-10-11-12-13-14-15-16-17-18-19(6-2)20(21,7-3)8-4;/h19H,5-18,21H2,1-4H3;1H. The van der Waals surface area contributed by atoms with E-state index in [0.29, 0.717) is 5.16 Å². The van der Waals surface area contributed by atoms with Crippen molar-refractivity contribution in [2.45, 2.75) is 123 Å². The summed E-state index contributed by atoms with van der Waals surface area (Å²) < 4.78 is 0. The molecule has 0 amide bonds. The van der Waals surface area contributed by atoms with Crippen LogP contribution in [-0.4, -0.2) is 5.16 Å². The highest BCUT2D eigenvalue weighted by Crippen LogP contribution is 2.39. The molecule has 0 aliphatic carbocycles. The molecule has 0 rings (SSSR count). The first-order chi connectivity index (χ1) is 10.1. The van der Waals surface area contributed by atoms with E-state index in [-0.39, 0.29) is 12.4 Å². The van der Waals surface area contributed by atoms with Gasteiger partial charge < -0.3 is 0 Å². The lowest BCUT2D eigenvalue weighted by molar-refractivity contribution is 0.313. The van der Waals surface area contributed by atoms with Crippen molar-refractivity contribution in [3.63, 3.8) is 0 Å². The van der Waals surface area contributed by atoms with Gasteiger partial charge in [-0.25, -0.2) is 0 Å². The molecule has 0 spiro atoms. The van der Waals surface area contributed by atoms with Gasteiger partial charge in [-0.2, -0.15) is 0 Å². The number of halogens is 1. The van der Waals surface area contributed by atoms with E-state index in [9.17, 15) is 0 Å². The topological polar surface area (TPSA) is 0 Å². The Kier molecular flexibility index (Phi) is 18.8. The van der Waals surface area contributed by atoms with Crippen LogP contribution in [0.1, 0.15) is 118 Å². The average Bonchev–Trinajstić information content (AvgIpc) is 2.52. The van der Waals surface area contributed by atoms with Gasteiger partial charge in [0.25, 0.3) is 0 Å². The third-order valence-corrected chi connectivity index (χ3v) is 6.82. The predicted octanol–water partition coefficient (Wildman–Crippen LogP) is 8.18. The fourth-order valence-corrected chi connectivity index (χ4v) is 4.01. The summed E-state index contributed by atoms with van der Waals surface area (Å²) in [5.41, 5.74) is 0. The van der Waals surface area contributed by atoms with Gasteiger partial charge in [0.1, 0.15) is 0 Å². The van der Waals surface area contributed by atoms with Gasteiger partial charge >= 0.3 is 0 Å². The van der Waals surface area contributed by atoms with E-state index < -0.39 is 0 Å². The Balaban J connectivity index is 0. The van der Waals surface area contributed by atoms with E-state index in [0.717, 1.165) is 5.92 Å². The molecule has 0 heterocycles. The van der Waals surface area contributed by atoms with Crippen molar-refractivity contribution >= 4 is 21.6 Å². The van der Waals surface area contributed by atoms with Crippen LogP contribution in [0.5, 0.6) is 0 Å². The molecular weight excluding hydrogens is 307 g/mol. The number of rotatable bonds is 15. The molecule has 2 atom stereocenters. The van der Waals surface area contributed by atoms with Crippen molar-refractivity contribution < 1.29 is 0 Å². The Morgan fingerprint density at radius 3 is 1.45 bits per heavy atom. The molecule has 2 heteroatoms. The Morgan fingerprint density at radius 1 is 0.682 bits per heavy atom. The van der Waals surface area contributed by atoms with Crippen molar-refractivity contribution in [2.75, 3.05) is 0 Å². The summed E-state index contributed by atoms with van der Waals surface area (Å²) in [5.74, 6) is 0.909. The van der Waals surface area contributed by atoms with Crippen LogP contribution in [-0.2, 0) is 0 Å². The maximum atomic E-state index is 3.19. The highest BCUT2D eigenvalue weighted by atomic mass is 35.5. The molecule has 0 fully saturated rings. The maximum absolute atomic E-state index is 3.19. The zero-order valence-corrected chi connectivity index (χ0v) is 17.9. The Morgan fingerprint density at radius 2 is 1.09 bits per heavy atom. The van der Waals surface area contributed by atoms with Crippen LogP contribution in [0.3, 0.4) is 0 Å². The summed E-state index contributed by atoms with van der Waals surface area (Å²) in [5, 5.41) is 0.508. The molecule has 0 radical (unpaired) electrons. The van der Waals surface area contributed by atoms with Crippen LogP contribution in [0.25, 0.3) is 0 Å². The van der Waals surface area contributed by atoms with Gasteiger partial charge in [0.15, 0.2) is 0 Å². The molecule has 0 aromatic carbocycles. The molecule has 0 aliphatic heterocycles. The third kappa shape index (κ3) is 11.3. The van der Waals surface area contributed by atoms with Gasteiger partial charge in [0, 0.05) is 0 Å². The quantitative estimate of drug-likeness (QED) is 0.206. The minimum atomic E-state index is 0. The summed E-state index contributed by atoms with van der Waals surface area (Å²) in [6.45, 7) is 9.39. The summed E-state index contributed by atoms with van der Waals surface area (Å²) in [6.07, 6.45) is 19.9. The molecule has 0 N–H and O–H groups in total. The number of unbranched alkanes of at least 4 members (excludes halogenated alkanes) is 9. The smallest absolute Gasteiger partial charge is 0.0127 e. The lowest BCUT2D eigenvalue weighted by atomic mass is 9.81. The van der Waals surface area contributed by atoms with Gasteiger partial charge in [0.05, 0.1) is 0 Å². The van der Waals surface area contributed by atoms with Crippen LogP contribution in [0, 0.1) is 5.92 Å². The lowest BCUT2D eigenvalue weighted by Gasteiger charge is -2.36. The van der Waals surface area contributed by atoms with Crippen LogP contribution < -0.4 is 0 Å². The molecule has 0 saturated carbocycles. The van der Waals surface area contributed by atoms with Crippen molar-refractivity contribution in [3.8, 4) is 0 Å². The fraction of sp³-hybridized carbons (Fsp3) is 1.00. The highest BCUT2D eigenvalue weighted by molar-refractivity contribution is 7.19. The first-order valence-corrected chi connectivity index (χ1v) is 10.5. The van der Waals surface area contributed by atoms with Gasteiger partial charge in [-0.05, 0) is 30.3 Å². The Hall–Kier alpha value is 0.720. The van der Waals surface area contributed by atoms with E-state index in [2.05, 4.69) is 36.9 Å². The van der Waals surface area contributed by atoms with E-state index in [1.807, 2.05) is 0 Å². The fourth-order valence-electron chi connectivity index (χ4n) is 3.60. The van der Waals surface area contributed by atoms with E-state index in [4.69, 9.17) is 0 Å². The molecule has 136 valence electrons. The van der Waals surface area contributed by atoms with Gasteiger partial charge in [-0.3, -0.25) is 0 Å². The van der Waals surface area contributed by atoms with Crippen LogP contribution >= 0.6 is 21.6 Å². The molecule has 22 heavy (non-hydrogen) atoms. The maximum Gasteiger partial charge on any atom is -0.0127 e. The van der Waals surface area contributed by atoms with Gasteiger partial charge in [0.2, 0.25) is 0 Å². The second-order valence-electron chi connectivity index (χ2n) is 7.02. The SMILES string of the molecule is CCCCCCCCCCCCC(CC)C(P)(CC)CC.Cl. The minimum Gasteiger partial charge on any atom is -0.147 e. The molecule has 0 nitrogen and oxygen atoms in total. The van der Waals surface area contributed by atoms with E-state index in [1.54, 1.807) is 0 Å². The van der Waals surface area contributed by atoms with Crippen LogP contribution in [0.15, 0.2) is 0 Å². The summed E-state index contributed by atoms with van der Waals surface area (Å²) in [6, 6.07) is 0. The summed E-state index contributed by atoms with van der Waals surface area (Å²) in [7, 11) is 3.19. The molecule has 2 unspecified atom stereocenters. The minimum absolute atomic E-state index is 0. The molecule has 0 aromatic heterocycles. The van der Waals surface area contributed by atoms with Crippen molar-refractivity contribution in [3.05, 3.63) is 0 Å². The molecule has 0 saturated heterocycles. The Labute approximate surface area is 150 Å². The molecule has 0 aromatic rings. The zero-order valence-electron chi connectivity index (χ0n) is 16.0. The monoisotopic (exact) mass is 350 g/mol. The van der Waals surface area contributed by atoms with Crippen molar-refractivity contribution in [2.24, 2.45) is 5.92 Å². The first-order valence-electron chi connectivity index (χ1n) is 9.93. The van der Waals surface area contributed by atoms with Crippen molar-refractivity contribution in [1.29, 1.82) is 0 Å². The summed E-state index contributed by atoms with van der Waals surface area (Å²) in [4.78, 5) is 0. The van der Waals surface area contributed by atoms with E-state index >= 15 is 0 Å². The first kappa shape index (κ1) is 25.0. The molecular formula is C20H44ClP. The Bertz CT molecular complexity index is 214. The predicted molar refractivity (Wildman–Crippen MR) is 111 cm³/mol. The molecule has 0 bridgehead atoms. The average molecular weight is 351 g/mol. The number of hydrogen-bond acceptors (Lipinski definition) is 0. The second kappa shape index (κ2) is 16.6. The lowest BCUT2D eigenvalue weighted by Crippen LogP contribution is -2.29. The van der Waals surface area contributed by atoms with Crippen LogP contribution in [0.4, 0.5) is 0 Å². The third-order valence-electron chi connectivity index (χ3n) is 5.53. The van der Waals surface area contributed by atoms with Crippen LogP contribution in [0.2, 0.25) is 0 Å². The summed E-state index contributed by atoms with van der Waals surface area (Å²) >= 11 is 0. The largest absolute Gasteiger partial charge is 0.147 e. The van der Waals surface area contributed by atoms with Crippen molar-refractivity contribution in [1.82, 2.24) is 0 Å². The zero-order chi connectivity index (χ0) is 16.0. The van der Waals surface area contributed by atoms with E-state index in [1.165, 1.54) is 89.9 Å². The molecule has 0 aliphatic rings. The highest BCUT2D eigenvalue weighted by Gasteiger charge is 2.28. The second-order valence-corrected chi connectivity index (χ2v) is 8.17.